The third-order valence-electron chi connectivity index (χ3n) is 9.12. The van der Waals surface area contributed by atoms with Gasteiger partial charge in [0.1, 0.15) is 0 Å². The first kappa shape index (κ1) is 35.5. The van der Waals surface area contributed by atoms with Crippen LogP contribution in [-0.4, -0.2) is 19.5 Å². The number of nitrogens with zero attached hydrogens (tertiary/aromatic N) is 4. The molecule has 4 nitrogen and oxygen atoms in total. The molecule has 0 saturated heterocycles. The predicted molar refractivity (Wildman–Crippen MR) is 191 cm³/mol. The molecule has 0 unspecified atom stereocenters. The van der Waals surface area contributed by atoms with Crippen molar-refractivity contribution >= 4 is 21.8 Å². The number of halogens is 9. The van der Waals surface area contributed by atoms with Gasteiger partial charge in [-0.05, 0) is 77.9 Å². The van der Waals surface area contributed by atoms with E-state index in [1.807, 2.05) is 12.1 Å². The molecular formula is C42H23F9N4. The molecule has 55 heavy (non-hydrogen) atoms. The Kier molecular flexibility index (Phi) is 8.47. The Morgan fingerprint density at radius 1 is 0.364 bits per heavy atom. The van der Waals surface area contributed by atoms with Gasteiger partial charge >= 0.3 is 18.5 Å². The van der Waals surface area contributed by atoms with Crippen LogP contribution >= 0.6 is 0 Å². The maximum atomic E-state index is 14.1. The van der Waals surface area contributed by atoms with Gasteiger partial charge in [-0.15, -0.1) is 0 Å². The average Bonchev–Trinajstić information content (AvgIpc) is 3.50. The summed E-state index contributed by atoms with van der Waals surface area (Å²) in [6, 6.07) is 32.8. The molecule has 13 heteroatoms. The maximum absolute atomic E-state index is 14.1. The molecule has 2 aromatic heterocycles. The van der Waals surface area contributed by atoms with Crippen molar-refractivity contribution in [3.8, 4) is 51.0 Å². The molecule has 0 bridgehead atoms. The van der Waals surface area contributed by atoms with Gasteiger partial charge in [0.05, 0.1) is 27.7 Å². The van der Waals surface area contributed by atoms with Crippen LogP contribution in [0.1, 0.15) is 16.7 Å². The van der Waals surface area contributed by atoms with Crippen molar-refractivity contribution in [3.05, 3.63) is 156 Å². The normalized spacial score (nSPS) is 12.5. The highest BCUT2D eigenvalue weighted by atomic mass is 19.4. The van der Waals surface area contributed by atoms with Crippen molar-refractivity contribution in [2.45, 2.75) is 18.5 Å². The van der Waals surface area contributed by atoms with E-state index < -0.39 is 35.2 Å². The van der Waals surface area contributed by atoms with Crippen molar-refractivity contribution in [1.29, 1.82) is 0 Å². The molecule has 2 heterocycles. The Labute approximate surface area is 306 Å². The maximum Gasteiger partial charge on any atom is 0.416 e. The number of benzene rings is 6. The van der Waals surface area contributed by atoms with Crippen molar-refractivity contribution in [2.75, 3.05) is 0 Å². The van der Waals surface area contributed by atoms with Gasteiger partial charge < -0.3 is 4.57 Å². The number of hydrogen-bond acceptors (Lipinski definition) is 3. The summed E-state index contributed by atoms with van der Waals surface area (Å²) in [4.78, 5) is 14.2. The Hall–Kier alpha value is -6.50. The van der Waals surface area contributed by atoms with E-state index in [-0.39, 0.29) is 56.1 Å². The zero-order chi connectivity index (χ0) is 38.7. The Bertz CT molecular complexity index is 2590. The van der Waals surface area contributed by atoms with E-state index in [2.05, 4.69) is 4.98 Å². The van der Waals surface area contributed by atoms with Crippen molar-refractivity contribution in [1.82, 2.24) is 19.5 Å². The molecule has 0 aliphatic carbocycles. The van der Waals surface area contributed by atoms with Gasteiger partial charge in [-0.1, -0.05) is 72.8 Å². The molecule has 0 spiro atoms. The molecule has 0 amide bonds. The van der Waals surface area contributed by atoms with E-state index in [4.69, 9.17) is 9.97 Å². The molecule has 0 aliphatic heterocycles. The summed E-state index contributed by atoms with van der Waals surface area (Å²) in [7, 11) is 0. The highest BCUT2D eigenvalue weighted by molar-refractivity contribution is 6.10. The quantitative estimate of drug-likeness (QED) is 0.164. The fourth-order valence-electron chi connectivity index (χ4n) is 6.55. The van der Waals surface area contributed by atoms with E-state index in [0.717, 1.165) is 48.5 Å². The summed E-state index contributed by atoms with van der Waals surface area (Å²) in [5.41, 5.74) is -0.644. The summed E-state index contributed by atoms with van der Waals surface area (Å²) in [6.07, 6.45) is -14.3. The monoisotopic (exact) mass is 754 g/mol. The predicted octanol–water partition coefficient (Wildman–Crippen LogP) is 12.7. The lowest BCUT2D eigenvalue weighted by atomic mass is 9.96. The van der Waals surface area contributed by atoms with Crippen LogP contribution in [0.2, 0.25) is 0 Å². The Balaban J connectivity index is 1.42. The summed E-state index contributed by atoms with van der Waals surface area (Å²) >= 11 is 0. The number of aromatic nitrogens is 4. The van der Waals surface area contributed by atoms with Gasteiger partial charge in [0.15, 0.2) is 17.5 Å². The Morgan fingerprint density at radius 2 is 0.818 bits per heavy atom. The molecule has 8 rings (SSSR count). The highest BCUT2D eigenvalue weighted by Gasteiger charge is 2.34. The molecule has 0 N–H and O–H groups in total. The zero-order valence-corrected chi connectivity index (χ0v) is 28.0. The smallest absolute Gasteiger partial charge is 0.309 e. The average molecular weight is 755 g/mol. The minimum atomic E-state index is -4.79. The molecule has 0 atom stereocenters. The molecule has 8 aromatic rings. The van der Waals surface area contributed by atoms with Crippen molar-refractivity contribution in [3.63, 3.8) is 0 Å². The number of fused-ring (bicyclic) bond motifs is 3. The zero-order valence-electron chi connectivity index (χ0n) is 28.0. The second-order valence-electron chi connectivity index (χ2n) is 12.6. The highest BCUT2D eigenvalue weighted by Crippen LogP contribution is 2.42. The molecule has 0 fully saturated rings. The van der Waals surface area contributed by atoms with Gasteiger partial charge in [-0.3, -0.25) is 0 Å². The van der Waals surface area contributed by atoms with Gasteiger partial charge in [0.2, 0.25) is 0 Å². The lowest BCUT2D eigenvalue weighted by Crippen LogP contribution is -2.05. The largest absolute Gasteiger partial charge is 0.416 e. The molecule has 274 valence electrons. The summed E-state index contributed by atoms with van der Waals surface area (Å²) in [5.74, 6) is 0.678. The SMILES string of the molecule is FC(F)(F)c1cccc(-c2cc(-n3c4ccc(C(F)(F)F)cc4c4cc(C(F)(F)F)ccc43)ccc2-c2nc(-c3ccccc3)nc(-c3ccccc3)n2)c1. The third-order valence-corrected chi connectivity index (χ3v) is 9.12. The van der Waals surface area contributed by atoms with E-state index in [1.165, 1.54) is 22.8 Å². The first-order chi connectivity index (χ1) is 26.1. The molecule has 0 radical (unpaired) electrons. The summed E-state index contributed by atoms with van der Waals surface area (Å²) < 4.78 is 127. The fourth-order valence-corrected chi connectivity index (χ4v) is 6.55. The standard InChI is InChI=1S/C42H23F9N4/c43-40(44,45)27-13-7-12-26(20-27)32-23-30(55-35-18-14-28(41(46,47)48)21-33(35)34-22-29(42(49,50)51)15-19-36(34)55)16-17-31(32)39-53-37(24-8-3-1-4-9-24)52-38(54-39)25-10-5-2-6-11-25/h1-23H. The van der Waals surface area contributed by atoms with Crippen LogP contribution in [0.15, 0.2) is 140 Å². The number of rotatable bonds is 5. The van der Waals surface area contributed by atoms with Gasteiger partial charge in [-0.25, -0.2) is 15.0 Å². The fraction of sp³-hybridized carbons (Fsp3) is 0.0714. The van der Waals surface area contributed by atoms with Crippen LogP contribution in [0.25, 0.3) is 72.8 Å². The molecular weight excluding hydrogens is 731 g/mol. The minimum absolute atomic E-state index is 0.0990. The number of alkyl halides is 9. The van der Waals surface area contributed by atoms with Crippen LogP contribution in [0.4, 0.5) is 39.5 Å². The first-order valence-corrected chi connectivity index (χ1v) is 16.6. The Morgan fingerprint density at radius 3 is 1.31 bits per heavy atom. The van der Waals surface area contributed by atoms with E-state index in [1.54, 1.807) is 60.7 Å². The number of hydrogen-bond donors (Lipinski definition) is 0. The first-order valence-electron chi connectivity index (χ1n) is 16.6. The van der Waals surface area contributed by atoms with E-state index in [0.29, 0.717) is 16.7 Å². The van der Waals surface area contributed by atoms with Gasteiger partial charge in [-0.2, -0.15) is 39.5 Å². The van der Waals surface area contributed by atoms with Crippen LogP contribution < -0.4 is 0 Å². The van der Waals surface area contributed by atoms with Crippen LogP contribution in [0.3, 0.4) is 0 Å². The lowest BCUT2D eigenvalue weighted by molar-refractivity contribution is -0.138. The van der Waals surface area contributed by atoms with Crippen LogP contribution in [-0.2, 0) is 18.5 Å². The second kappa shape index (κ2) is 13.1. The third kappa shape index (κ3) is 6.77. The van der Waals surface area contributed by atoms with Crippen molar-refractivity contribution < 1.29 is 39.5 Å². The van der Waals surface area contributed by atoms with Crippen molar-refractivity contribution in [2.24, 2.45) is 0 Å². The molecule has 6 aromatic carbocycles. The van der Waals surface area contributed by atoms with Gasteiger partial charge in [0, 0.05) is 33.2 Å². The van der Waals surface area contributed by atoms with Gasteiger partial charge in [0.25, 0.3) is 0 Å². The second-order valence-corrected chi connectivity index (χ2v) is 12.6. The molecule has 0 aliphatic rings. The van der Waals surface area contributed by atoms with Crippen LogP contribution in [0, 0.1) is 0 Å². The van der Waals surface area contributed by atoms with E-state index in [9.17, 15) is 39.5 Å². The summed E-state index contributed by atoms with van der Waals surface area (Å²) in [5, 5.41) is -0.198. The molecule has 0 saturated carbocycles. The lowest BCUT2D eigenvalue weighted by Gasteiger charge is -2.16. The van der Waals surface area contributed by atoms with E-state index >= 15 is 0 Å². The van der Waals surface area contributed by atoms with Crippen LogP contribution in [0.5, 0.6) is 0 Å². The minimum Gasteiger partial charge on any atom is -0.309 e. The summed E-state index contributed by atoms with van der Waals surface area (Å²) in [6.45, 7) is 0. The topological polar surface area (TPSA) is 43.6 Å².